The average molecular weight is 349 g/mol. The summed E-state index contributed by atoms with van der Waals surface area (Å²) >= 11 is 0. The van der Waals surface area contributed by atoms with Crippen LogP contribution < -0.4 is 0 Å². The first-order valence-corrected chi connectivity index (χ1v) is 8.14. The minimum Gasteiger partial charge on any atom is -0.381 e. The highest BCUT2D eigenvalue weighted by Crippen LogP contribution is 2.34. The summed E-state index contributed by atoms with van der Waals surface area (Å²) in [5.41, 5.74) is 0. The minimum absolute atomic E-state index is 0.167. The number of halogens is 3. The molecule has 1 saturated heterocycles. The van der Waals surface area contributed by atoms with Gasteiger partial charge < -0.3 is 9.47 Å². The predicted octanol–water partition coefficient (Wildman–Crippen LogP) is 1.25. The summed E-state index contributed by atoms with van der Waals surface area (Å²) in [6.07, 6.45) is -0.932. The molecule has 0 radical (unpaired) electrons. The molecule has 3 atom stereocenters. The number of hydrogen-bond donors (Lipinski definition) is 0. The topological polar surface area (TPSA) is 65.3 Å². The van der Waals surface area contributed by atoms with Crippen LogP contribution in [0.3, 0.4) is 0 Å². The van der Waals surface area contributed by atoms with E-state index < -0.39 is 12.7 Å². The maximum absolute atomic E-state index is 12.4. The third-order valence-corrected chi connectivity index (χ3v) is 4.74. The van der Waals surface area contributed by atoms with Crippen LogP contribution in [0.1, 0.15) is 25.1 Å². The number of ether oxygens (including phenoxy) is 2. The number of nitrogens with zero attached hydrogens (tertiary/aromatic N) is 5. The highest BCUT2D eigenvalue weighted by molar-refractivity contribution is 4.92. The van der Waals surface area contributed by atoms with Gasteiger partial charge in [-0.3, -0.25) is 4.90 Å². The maximum Gasteiger partial charge on any atom is 0.409 e. The Balaban J connectivity index is 1.66. The molecule has 7 nitrogen and oxygen atoms in total. The Morgan fingerprint density at radius 3 is 2.92 bits per heavy atom. The molecule has 24 heavy (non-hydrogen) atoms. The van der Waals surface area contributed by atoms with Gasteiger partial charge in [0.25, 0.3) is 0 Å². The van der Waals surface area contributed by atoms with Gasteiger partial charge in [0.1, 0.15) is 0 Å². The molecular formula is C14H22F3N5O2. The van der Waals surface area contributed by atoms with Crippen LogP contribution >= 0.6 is 0 Å². The number of rotatable bonds is 5. The van der Waals surface area contributed by atoms with Crippen molar-refractivity contribution in [2.45, 2.75) is 50.7 Å². The Morgan fingerprint density at radius 2 is 2.17 bits per heavy atom. The van der Waals surface area contributed by atoms with Gasteiger partial charge in [-0.05, 0) is 18.1 Å². The number of tetrazole rings is 1. The van der Waals surface area contributed by atoms with Gasteiger partial charge in [-0.15, -0.1) is 10.2 Å². The van der Waals surface area contributed by atoms with Crippen molar-refractivity contribution in [3.05, 3.63) is 5.82 Å². The fourth-order valence-corrected chi connectivity index (χ4v) is 3.68. The van der Waals surface area contributed by atoms with E-state index in [4.69, 9.17) is 9.47 Å². The average Bonchev–Trinajstić information content (AvgIpc) is 3.15. The first-order chi connectivity index (χ1) is 11.5. The van der Waals surface area contributed by atoms with Crippen molar-refractivity contribution in [1.29, 1.82) is 0 Å². The summed E-state index contributed by atoms with van der Waals surface area (Å²) in [4.78, 5) is 2.78. The Labute approximate surface area is 138 Å². The molecule has 136 valence electrons. The monoisotopic (exact) mass is 349 g/mol. The van der Waals surface area contributed by atoms with E-state index in [0.29, 0.717) is 42.8 Å². The quantitative estimate of drug-likeness (QED) is 0.797. The zero-order valence-electron chi connectivity index (χ0n) is 13.6. The van der Waals surface area contributed by atoms with E-state index in [1.165, 1.54) is 0 Å². The second-order valence-corrected chi connectivity index (χ2v) is 6.33. The molecule has 10 heteroatoms. The first kappa shape index (κ1) is 17.6. The lowest BCUT2D eigenvalue weighted by Gasteiger charge is -2.40. The molecule has 0 aromatic carbocycles. The molecule has 0 amide bonds. The molecule has 1 aromatic heterocycles. The highest BCUT2D eigenvalue weighted by atomic mass is 19.4. The van der Waals surface area contributed by atoms with Crippen LogP contribution in [-0.2, 0) is 22.6 Å². The summed E-state index contributed by atoms with van der Waals surface area (Å²) in [6.45, 7) is 1.05. The van der Waals surface area contributed by atoms with Crippen molar-refractivity contribution >= 4 is 0 Å². The Bertz CT molecular complexity index is 539. The van der Waals surface area contributed by atoms with E-state index in [1.807, 2.05) is 0 Å². The molecular weight excluding hydrogens is 327 g/mol. The van der Waals surface area contributed by atoms with Crippen molar-refractivity contribution in [2.75, 3.05) is 26.9 Å². The van der Waals surface area contributed by atoms with E-state index in [1.54, 1.807) is 7.11 Å². The number of morpholine rings is 1. The van der Waals surface area contributed by atoms with Gasteiger partial charge in [-0.2, -0.15) is 18.0 Å². The Morgan fingerprint density at radius 1 is 1.33 bits per heavy atom. The van der Waals surface area contributed by atoms with Gasteiger partial charge in [-0.25, -0.2) is 0 Å². The van der Waals surface area contributed by atoms with Crippen LogP contribution in [0.5, 0.6) is 0 Å². The number of aromatic nitrogens is 4. The summed E-state index contributed by atoms with van der Waals surface area (Å²) in [7, 11) is 1.72. The second-order valence-electron chi connectivity index (χ2n) is 6.33. The molecule has 2 heterocycles. The zero-order chi connectivity index (χ0) is 17.2. The van der Waals surface area contributed by atoms with Gasteiger partial charge in [0, 0.05) is 25.6 Å². The third-order valence-electron chi connectivity index (χ3n) is 4.74. The molecule has 1 aromatic rings. The van der Waals surface area contributed by atoms with E-state index in [0.717, 1.165) is 19.3 Å². The summed E-state index contributed by atoms with van der Waals surface area (Å²) in [6, 6.07) is 0.167. The molecule has 0 spiro atoms. The van der Waals surface area contributed by atoms with Gasteiger partial charge in [0.15, 0.2) is 12.4 Å². The summed E-state index contributed by atoms with van der Waals surface area (Å²) < 4.78 is 48.4. The lowest BCUT2D eigenvalue weighted by Crippen LogP contribution is -2.51. The van der Waals surface area contributed by atoms with E-state index in [-0.39, 0.29) is 12.1 Å². The smallest absolute Gasteiger partial charge is 0.381 e. The predicted molar refractivity (Wildman–Crippen MR) is 77.0 cm³/mol. The molecule has 0 unspecified atom stereocenters. The fourth-order valence-electron chi connectivity index (χ4n) is 3.68. The van der Waals surface area contributed by atoms with Crippen molar-refractivity contribution in [3.63, 3.8) is 0 Å². The lowest BCUT2D eigenvalue weighted by atomic mass is 9.94. The van der Waals surface area contributed by atoms with Crippen LogP contribution in [0, 0.1) is 5.92 Å². The highest BCUT2D eigenvalue weighted by Gasteiger charge is 2.39. The first-order valence-electron chi connectivity index (χ1n) is 8.14. The minimum atomic E-state index is -4.35. The van der Waals surface area contributed by atoms with Crippen LogP contribution in [0.2, 0.25) is 0 Å². The molecule has 2 aliphatic rings. The van der Waals surface area contributed by atoms with Gasteiger partial charge >= 0.3 is 6.18 Å². The van der Waals surface area contributed by atoms with Crippen molar-refractivity contribution in [3.8, 4) is 0 Å². The zero-order valence-corrected chi connectivity index (χ0v) is 13.6. The molecule has 0 bridgehead atoms. The molecule has 0 N–H and O–H groups in total. The van der Waals surface area contributed by atoms with Crippen LogP contribution in [0.4, 0.5) is 13.2 Å². The van der Waals surface area contributed by atoms with E-state index in [2.05, 4.69) is 20.3 Å². The van der Waals surface area contributed by atoms with Crippen molar-refractivity contribution < 1.29 is 22.6 Å². The van der Waals surface area contributed by atoms with Gasteiger partial charge in [0.2, 0.25) is 0 Å². The lowest BCUT2D eigenvalue weighted by molar-refractivity contribution is -0.145. The van der Waals surface area contributed by atoms with Crippen molar-refractivity contribution in [1.82, 2.24) is 25.1 Å². The molecule has 3 rings (SSSR count). The number of methoxy groups -OCH3 is 1. The summed E-state index contributed by atoms with van der Waals surface area (Å²) in [5, 5.41) is 11.1. The molecule has 1 aliphatic heterocycles. The third kappa shape index (κ3) is 4.22. The Hall–Kier alpha value is -1.26. The number of hydrogen-bond acceptors (Lipinski definition) is 6. The molecule has 1 saturated carbocycles. The second kappa shape index (κ2) is 7.32. The maximum atomic E-state index is 12.4. The SMILES string of the molecule is CO[C@@H]1CCC[C@H]1[C@@H]1COCCN1Cc1nnn(CC(F)(F)F)n1. The fraction of sp³-hybridized carbons (Fsp3) is 0.929. The van der Waals surface area contributed by atoms with Gasteiger partial charge in [0.05, 0.1) is 25.9 Å². The standard InChI is InChI=1S/C14H22F3N5O2/c1-23-12-4-2-3-10(12)11-8-24-6-5-21(11)7-13-18-20-22(19-13)9-14(15,16)17/h10-12H,2-9H2,1H3/t10-,11-,12+/m0/s1. The largest absolute Gasteiger partial charge is 0.409 e. The molecule has 1 aliphatic carbocycles. The Kier molecular flexibility index (Phi) is 5.36. The number of alkyl halides is 3. The van der Waals surface area contributed by atoms with Crippen LogP contribution in [-0.4, -0.2) is 70.3 Å². The van der Waals surface area contributed by atoms with Gasteiger partial charge in [-0.1, -0.05) is 6.42 Å². The van der Waals surface area contributed by atoms with E-state index in [9.17, 15) is 13.2 Å². The van der Waals surface area contributed by atoms with Crippen LogP contribution in [0.15, 0.2) is 0 Å². The normalized spacial score (nSPS) is 29.2. The van der Waals surface area contributed by atoms with E-state index >= 15 is 0 Å². The van der Waals surface area contributed by atoms with Crippen LogP contribution in [0.25, 0.3) is 0 Å². The summed E-state index contributed by atoms with van der Waals surface area (Å²) in [5.74, 6) is 0.665. The van der Waals surface area contributed by atoms with Crippen molar-refractivity contribution in [2.24, 2.45) is 5.92 Å². The molecule has 2 fully saturated rings.